The lowest BCUT2D eigenvalue weighted by Gasteiger charge is -2.42. The van der Waals surface area contributed by atoms with E-state index in [4.69, 9.17) is 16.3 Å². The fourth-order valence-corrected chi connectivity index (χ4v) is 3.80. The van der Waals surface area contributed by atoms with Crippen molar-refractivity contribution in [3.63, 3.8) is 0 Å². The summed E-state index contributed by atoms with van der Waals surface area (Å²) in [6, 6.07) is 4.81. The minimum atomic E-state index is -1.51. The fraction of sp³-hybridized carbons (Fsp3) is 0.444. The maximum Gasteiger partial charge on any atom is 0.325 e. The lowest BCUT2D eigenvalue weighted by Crippen LogP contribution is -2.55. The number of ether oxygens (including phenoxy) is 2. The zero-order valence-electron chi connectivity index (χ0n) is 14.2. The van der Waals surface area contributed by atoms with Crippen molar-refractivity contribution in [1.29, 1.82) is 0 Å². The van der Waals surface area contributed by atoms with Crippen LogP contribution in [0.2, 0.25) is 5.02 Å². The summed E-state index contributed by atoms with van der Waals surface area (Å²) in [4.78, 5) is 49.9. The number of carbonyl (C=O) groups is 4. The van der Waals surface area contributed by atoms with Gasteiger partial charge in [0.15, 0.2) is 17.5 Å². The zero-order valence-corrected chi connectivity index (χ0v) is 14.9. The number of hydrogen-bond acceptors (Lipinski definition) is 6. The van der Waals surface area contributed by atoms with Gasteiger partial charge in [-0.15, -0.1) is 0 Å². The van der Waals surface area contributed by atoms with Gasteiger partial charge in [-0.05, 0) is 30.5 Å². The van der Waals surface area contributed by atoms with E-state index in [0.29, 0.717) is 36.6 Å². The van der Waals surface area contributed by atoms with E-state index in [2.05, 4.69) is 10.1 Å². The van der Waals surface area contributed by atoms with E-state index in [1.54, 1.807) is 12.1 Å². The lowest BCUT2D eigenvalue weighted by molar-refractivity contribution is -0.143. The molecule has 7 nitrogen and oxygen atoms in total. The first kappa shape index (κ1) is 18.5. The molecule has 1 aromatic carbocycles. The molecule has 1 aliphatic heterocycles. The molecule has 1 amide bonds. The molecule has 3 rings (SSSR count). The Balaban J connectivity index is 2.02. The molecule has 1 N–H and O–H groups in total. The number of rotatable bonds is 3. The molecule has 1 fully saturated rings. The Kier molecular flexibility index (Phi) is 5.11. The van der Waals surface area contributed by atoms with Crippen LogP contribution >= 0.6 is 11.6 Å². The molecule has 26 heavy (non-hydrogen) atoms. The first-order valence-electron chi connectivity index (χ1n) is 8.21. The van der Waals surface area contributed by atoms with E-state index in [0.717, 1.165) is 0 Å². The first-order chi connectivity index (χ1) is 12.4. The van der Waals surface area contributed by atoms with E-state index in [-0.39, 0.29) is 5.56 Å². The van der Waals surface area contributed by atoms with Crippen molar-refractivity contribution in [3.8, 4) is 0 Å². The highest BCUT2D eigenvalue weighted by Crippen LogP contribution is 2.44. The van der Waals surface area contributed by atoms with Crippen molar-refractivity contribution in [1.82, 2.24) is 5.32 Å². The molecule has 1 unspecified atom stereocenters. The van der Waals surface area contributed by atoms with E-state index in [9.17, 15) is 19.2 Å². The van der Waals surface area contributed by atoms with Crippen LogP contribution in [0, 0.1) is 5.92 Å². The maximum atomic E-state index is 13.2. The third-order valence-electron chi connectivity index (χ3n) is 5.00. The highest BCUT2D eigenvalue weighted by Gasteiger charge is 2.54. The van der Waals surface area contributed by atoms with Crippen molar-refractivity contribution in [2.45, 2.75) is 18.3 Å². The van der Waals surface area contributed by atoms with Crippen molar-refractivity contribution in [2.75, 3.05) is 26.9 Å². The van der Waals surface area contributed by atoms with Crippen molar-refractivity contribution >= 4 is 35.0 Å². The van der Waals surface area contributed by atoms with Gasteiger partial charge in [-0.25, -0.2) is 0 Å². The number of carbonyl (C=O) groups excluding carboxylic acids is 4. The molecule has 1 saturated heterocycles. The van der Waals surface area contributed by atoms with E-state index in [1.807, 2.05) is 0 Å². The summed E-state index contributed by atoms with van der Waals surface area (Å²) >= 11 is 6.03. The number of hydrogen-bond donors (Lipinski definition) is 1. The number of amides is 1. The summed E-state index contributed by atoms with van der Waals surface area (Å²) in [5.41, 5.74) is -0.0891. The SMILES string of the molecule is COC(=O)CNC(=O)C1C(=O)c2cc(Cl)ccc2C2(CCOCC2)C1=O. The molecule has 1 aromatic rings. The number of nitrogens with one attached hydrogen (secondary N) is 1. The van der Waals surface area contributed by atoms with Crippen LogP contribution in [-0.2, 0) is 29.3 Å². The minimum Gasteiger partial charge on any atom is -0.468 e. The quantitative estimate of drug-likeness (QED) is 0.622. The molecule has 2 aliphatic rings. The zero-order chi connectivity index (χ0) is 18.9. The second kappa shape index (κ2) is 7.17. The lowest BCUT2D eigenvalue weighted by atomic mass is 9.61. The predicted octanol–water partition coefficient (Wildman–Crippen LogP) is 1.06. The Labute approximate surface area is 155 Å². The number of benzene rings is 1. The predicted molar refractivity (Wildman–Crippen MR) is 91.0 cm³/mol. The van der Waals surface area contributed by atoms with Gasteiger partial charge < -0.3 is 14.8 Å². The summed E-state index contributed by atoms with van der Waals surface area (Å²) < 4.78 is 9.84. The van der Waals surface area contributed by atoms with Gasteiger partial charge >= 0.3 is 5.97 Å². The van der Waals surface area contributed by atoms with E-state index < -0.39 is 41.3 Å². The van der Waals surface area contributed by atoms with Crippen LogP contribution in [0.5, 0.6) is 0 Å². The summed E-state index contributed by atoms with van der Waals surface area (Å²) in [7, 11) is 1.18. The first-order valence-corrected chi connectivity index (χ1v) is 8.59. The van der Waals surface area contributed by atoms with Crippen LogP contribution < -0.4 is 5.32 Å². The normalized spacial score (nSPS) is 21.2. The largest absolute Gasteiger partial charge is 0.468 e. The second-order valence-electron chi connectivity index (χ2n) is 6.34. The Bertz CT molecular complexity index is 784. The standard InChI is InChI=1S/C18H18ClNO6/c1-25-13(21)9-20-17(24)14-15(22)11-8-10(19)2-3-12(11)18(16(14)23)4-6-26-7-5-18/h2-3,8,14H,4-7,9H2,1H3,(H,20,24). The van der Waals surface area contributed by atoms with Crippen molar-refractivity contribution in [2.24, 2.45) is 5.92 Å². The van der Waals surface area contributed by atoms with Crippen LogP contribution in [0.15, 0.2) is 18.2 Å². The van der Waals surface area contributed by atoms with Gasteiger partial charge in [0.25, 0.3) is 0 Å². The van der Waals surface area contributed by atoms with Gasteiger partial charge in [-0.2, -0.15) is 0 Å². The molecule has 0 radical (unpaired) electrons. The smallest absolute Gasteiger partial charge is 0.325 e. The molecule has 8 heteroatoms. The Hall–Kier alpha value is -2.25. The molecule has 0 saturated carbocycles. The monoisotopic (exact) mass is 379 g/mol. The van der Waals surface area contributed by atoms with Gasteiger partial charge in [0, 0.05) is 23.8 Å². The molecular weight excluding hydrogens is 362 g/mol. The number of esters is 1. The van der Waals surface area contributed by atoms with Crippen LogP contribution in [0.1, 0.15) is 28.8 Å². The van der Waals surface area contributed by atoms with Crippen LogP contribution in [0.25, 0.3) is 0 Å². The average Bonchev–Trinajstić information content (AvgIpc) is 2.65. The fourth-order valence-electron chi connectivity index (χ4n) is 3.63. The molecule has 1 aliphatic carbocycles. The van der Waals surface area contributed by atoms with Crippen molar-refractivity contribution in [3.05, 3.63) is 34.3 Å². The van der Waals surface area contributed by atoms with Crippen LogP contribution in [0.3, 0.4) is 0 Å². The Morgan fingerprint density at radius 1 is 1.31 bits per heavy atom. The molecular formula is C18H18ClNO6. The molecule has 0 aromatic heterocycles. The number of methoxy groups -OCH3 is 1. The number of Topliss-reactive ketones (excluding diaryl/α,β-unsaturated/α-hetero) is 2. The van der Waals surface area contributed by atoms with Gasteiger partial charge in [0.1, 0.15) is 6.54 Å². The van der Waals surface area contributed by atoms with Gasteiger partial charge in [-0.1, -0.05) is 17.7 Å². The third-order valence-corrected chi connectivity index (χ3v) is 5.24. The summed E-state index contributed by atoms with van der Waals surface area (Å²) in [5, 5.41) is 2.66. The molecule has 1 heterocycles. The maximum absolute atomic E-state index is 13.2. The van der Waals surface area contributed by atoms with Gasteiger partial charge in [0.05, 0.1) is 12.5 Å². The van der Waals surface area contributed by atoms with Gasteiger partial charge in [0.2, 0.25) is 5.91 Å². The number of ketones is 2. The molecule has 138 valence electrons. The molecule has 1 atom stereocenters. The number of fused-ring (bicyclic) bond motifs is 2. The summed E-state index contributed by atoms with van der Waals surface area (Å²) in [6.45, 7) is 0.307. The number of halogens is 1. The summed E-state index contributed by atoms with van der Waals surface area (Å²) in [5.74, 6) is -4.04. The topological polar surface area (TPSA) is 98.8 Å². The van der Waals surface area contributed by atoms with E-state index >= 15 is 0 Å². The third kappa shape index (κ3) is 3.01. The van der Waals surface area contributed by atoms with Gasteiger partial charge in [-0.3, -0.25) is 19.2 Å². The molecule has 1 spiro atoms. The van der Waals surface area contributed by atoms with Crippen molar-refractivity contribution < 1.29 is 28.7 Å². The highest BCUT2D eigenvalue weighted by atomic mass is 35.5. The van der Waals surface area contributed by atoms with Crippen LogP contribution in [-0.4, -0.2) is 50.3 Å². The molecule has 0 bridgehead atoms. The average molecular weight is 380 g/mol. The highest BCUT2D eigenvalue weighted by molar-refractivity contribution is 6.33. The van der Waals surface area contributed by atoms with E-state index in [1.165, 1.54) is 13.2 Å². The second-order valence-corrected chi connectivity index (χ2v) is 6.78. The Morgan fingerprint density at radius 2 is 2.00 bits per heavy atom. The summed E-state index contributed by atoms with van der Waals surface area (Å²) in [6.07, 6.45) is 0.767. The Morgan fingerprint density at radius 3 is 2.65 bits per heavy atom. The minimum absolute atomic E-state index is 0.275. The van der Waals surface area contributed by atoms with Crippen LogP contribution in [0.4, 0.5) is 0 Å².